The summed E-state index contributed by atoms with van der Waals surface area (Å²) < 4.78 is 5.21. The van der Waals surface area contributed by atoms with Gasteiger partial charge in [0.15, 0.2) is 11.6 Å². The number of methoxy groups -OCH3 is 1. The maximum absolute atomic E-state index is 12.9. The molecule has 0 amide bonds. The predicted molar refractivity (Wildman–Crippen MR) is 90.9 cm³/mol. The zero-order valence-electron chi connectivity index (χ0n) is 14.3. The van der Waals surface area contributed by atoms with Gasteiger partial charge in [0.2, 0.25) is 0 Å². The van der Waals surface area contributed by atoms with Gasteiger partial charge in [-0.05, 0) is 42.4 Å². The van der Waals surface area contributed by atoms with E-state index in [1.54, 1.807) is 7.11 Å². The first kappa shape index (κ1) is 15.8. The molecule has 0 unspecified atom stereocenters. The number of hydrogen-bond acceptors (Lipinski definition) is 4. The van der Waals surface area contributed by atoms with Crippen LogP contribution in [0.15, 0.2) is 24.3 Å². The Kier molecular flexibility index (Phi) is 3.95. The van der Waals surface area contributed by atoms with Crippen molar-refractivity contribution in [1.82, 2.24) is 4.90 Å². The monoisotopic (exact) mass is 327 g/mol. The zero-order chi connectivity index (χ0) is 16.7. The molecule has 1 aromatic rings. The minimum absolute atomic E-state index is 0.131. The van der Waals surface area contributed by atoms with Gasteiger partial charge in [-0.25, -0.2) is 0 Å². The molecule has 24 heavy (non-hydrogen) atoms. The van der Waals surface area contributed by atoms with Crippen LogP contribution in [0.25, 0.3) is 0 Å². The van der Waals surface area contributed by atoms with Gasteiger partial charge in [0, 0.05) is 25.4 Å². The normalized spacial score (nSPS) is 29.2. The first-order chi connectivity index (χ1) is 11.6. The third kappa shape index (κ3) is 2.67. The average Bonchev–Trinajstić information content (AvgIpc) is 3.10. The molecular formula is C20H25NO3. The van der Waals surface area contributed by atoms with Crippen molar-refractivity contribution in [2.24, 2.45) is 5.41 Å². The minimum atomic E-state index is -0.503. The number of hydrogen-bond donors (Lipinski definition) is 0. The predicted octanol–water partition coefficient (Wildman–Crippen LogP) is 3.13. The largest absolute Gasteiger partial charge is 0.497 e. The van der Waals surface area contributed by atoms with E-state index in [0.717, 1.165) is 30.6 Å². The van der Waals surface area contributed by atoms with Crippen molar-refractivity contribution in [2.45, 2.75) is 63.6 Å². The number of carbonyl (C=O) groups is 2. The fraction of sp³-hybridized carbons (Fsp3) is 0.600. The van der Waals surface area contributed by atoms with Crippen LogP contribution in [0, 0.1) is 5.41 Å². The summed E-state index contributed by atoms with van der Waals surface area (Å²) in [5, 5.41) is 0. The number of ether oxygens (including phenoxy) is 1. The molecule has 2 atom stereocenters. The Morgan fingerprint density at radius 3 is 2.50 bits per heavy atom. The Hall–Kier alpha value is -1.68. The highest BCUT2D eigenvalue weighted by molar-refractivity contribution is 6.08. The van der Waals surface area contributed by atoms with Crippen LogP contribution in [-0.4, -0.2) is 35.7 Å². The van der Waals surface area contributed by atoms with E-state index >= 15 is 0 Å². The number of carbonyl (C=O) groups excluding carboxylic acids is 2. The van der Waals surface area contributed by atoms with Gasteiger partial charge in [0.05, 0.1) is 7.11 Å². The van der Waals surface area contributed by atoms with Gasteiger partial charge in [-0.2, -0.15) is 0 Å². The summed E-state index contributed by atoms with van der Waals surface area (Å²) in [5.41, 5.74) is 1.31. The number of benzene rings is 1. The molecule has 3 fully saturated rings. The molecule has 0 radical (unpaired) electrons. The van der Waals surface area contributed by atoms with Crippen LogP contribution >= 0.6 is 0 Å². The van der Waals surface area contributed by atoms with E-state index in [9.17, 15) is 9.59 Å². The third-order valence-corrected chi connectivity index (χ3v) is 6.25. The fourth-order valence-corrected chi connectivity index (χ4v) is 5.12. The summed E-state index contributed by atoms with van der Waals surface area (Å²) in [5.74, 6) is 1.12. The zero-order valence-corrected chi connectivity index (χ0v) is 14.3. The second kappa shape index (κ2) is 5.99. The van der Waals surface area contributed by atoms with E-state index in [2.05, 4.69) is 4.90 Å². The highest BCUT2D eigenvalue weighted by Crippen LogP contribution is 2.50. The van der Waals surface area contributed by atoms with Crippen molar-refractivity contribution in [3.63, 3.8) is 0 Å². The van der Waals surface area contributed by atoms with Crippen LogP contribution < -0.4 is 4.74 Å². The molecule has 1 aromatic carbocycles. The second-order valence-corrected chi connectivity index (χ2v) is 7.80. The molecule has 2 saturated heterocycles. The summed E-state index contributed by atoms with van der Waals surface area (Å²) in [7, 11) is 1.66. The lowest BCUT2D eigenvalue weighted by atomic mass is 9.74. The highest BCUT2D eigenvalue weighted by Gasteiger charge is 2.52. The molecule has 2 bridgehead atoms. The maximum atomic E-state index is 12.9. The van der Waals surface area contributed by atoms with Gasteiger partial charge in [-0.3, -0.25) is 14.5 Å². The van der Waals surface area contributed by atoms with Crippen molar-refractivity contribution in [3.05, 3.63) is 29.8 Å². The second-order valence-electron chi connectivity index (χ2n) is 7.80. The van der Waals surface area contributed by atoms with E-state index in [4.69, 9.17) is 4.74 Å². The molecule has 1 spiro atoms. The first-order valence-electron chi connectivity index (χ1n) is 9.04. The molecule has 4 rings (SSSR count). The van der Waals surface area contributed by atoms with Crippen molar-refractivity contribution < 1.29 is 14.3 Å². The Balaban J connectivity index is 1.59. The van der Waals surface area contributed by atoms with Gasteiger partial charge in [-0.1, -0.05) is 25.0 Å². The van der Waals surface area contributed by atoms with E-state index in [-0.39, 0.29) is 23.0 Å². The number of rotatable bonds is 3. The standard InChI is InChI=1S/C20H25NO3/c1-24-16-6-4-14(5-7-16)13-21-15-10-17(22)19(21)18(23)12-20(11-15)8-2-3-9-20/h4-7,15,19H,2-3,8-13H2,1H3/t15-,19+/m0/s1. The van der Waals surface area contributed by atoms with E-state index in [1.165, 1.54) is 12.8 Å². The molecule has 2 heterocycles. The Bertz CT molecular complexity index is 645. The summed E-state index contributed by atoms with van der Waals surface area (Å²) in [4.78, 5) is 27.5. The van der Waals surface area contributed by atoms with Crippen molar-refractivity contribution >= 4 is 11.6 Å². The van der Waals surface area contributed by atoms with Crippen LogP contribution in [-0.2, 0) is 16.1 Å². The molecule has 1 aliphatic carbocycles. The molecule has 2 aliphatic heterocycles. The van der Waals surface area contributed by atoms with Gasteiger partial charge < -0.3 is 4.74 Å². The molecule has 4 heteroatoms. The number of fused-ring (bicyclic) bond motifs is 2. The minimum Gasteiger partial charge on any atom is -0.497 e. The van der Waals surface area contributed by atoms with Crippen molar-refractivity contribution in [3.8, 4) is 5.75 Å². The molecule has 3 aliphatic rings. The molecule has 0 aromatic heterocycles. The molecule has 128 valence electrons. The first-order valence-corrected chi connectivity index (χ1v) is 9.04. The van der Waals surface area contributed by atoms with Crippen LogP contribution in [0.3, 0.4) is 0 Å². The van der Waals surface area contributed by atoms with Crippen molar-refractivity contribution in [2.75, 3.05) is 7.11 Å². The number of ketones is 2. The van der Waals surface area contributed by atoms with E-state index in [1.807, 2.05) is 24.3 Å². The van der Waals surface area contributed by atoms with E-state index in [0.29, 0.717) is 19.4 Å². The maximum Gasteiger partial charge on any atom is 0.159 e. The summed E-state index contributed by atoms with van der Waals surface area (Å²) in [6.45, 7) is 0.673. The van der Waals surface area contributed by atoms with Crippen LogP contribution in [0.4, 0.5) is 0 Å². The van der Waals surface area contributed by atoms with Crippen LogP contribution in [0.5, 0.6) is 5.75 Å². The Morgan fingerprint density at radius 1 is 1.12 bits per heavy atom. The Labute approximate surface area is 143 Å². The summed E-state index contributed by atoms with van der Waals surface area (Å²) >= 11 is 0. The highest BCUT2D eigenvalue weighted by atomic mass is 16.5. The summed E-state index contributed by atoms with van der Waals surface area (Å²) in [6, 6.07) is 7.67. The van der Waals surface area contributed by atoms with Gasteiger partial charge in [0.25, 0.3) is 0 Å². The fourth-order valence-electron chi connectivity index (χ4n) is 5.12. The summed E-state index contributed by atoms with van der Waals surface area (Å²) in [6.07, 6.45) is 6.96. The van der Waals surface area contributed by atoms with E-state index < -0.39 is 6.04 Å². The van der Waals surface area contributed by atoms with Crippen molar-refractivity contribution in [1.29, 1.82) is 0 Å². The quantitative estimate of drug-likeness (QED) is 0.800. The Morgan fingerprint density at radius 2 is 1.83 bits per heavy atom. The van der Waals surface area contributed by atoms with Crippen LogP contribution in [0.1, 0.15) is 50.5 Å². The molecule has 4 nitrogen and oxygen atoms in total. The SMILES string of the molecule is COc1ccc(CN2[C@H]3CC(=O)[C@@H]2C(=O)CC2(CCCC2)C3)cc1. The smallest absolute Gasteiger partial charge is 0.159 e. The van der Waals surface area contributed by atoms with Gasteiger partial charge in [0.1, 0.15) is 11.8 Å². The lowest BCUT2D eigenvalue weighted by molar-refractivity contribution is -0.131. The van der Waals surface area contributed by atoms with Crippen LogP contribution in [0.2, 0.25) is 0 Å². The number of nitrogens with zero attached hydrogens (tertiary/aromatic N) is 1. The van der Waals surface area contributed by atoms with Gasteiger partial charge in [-0.15, -0.1) is 0 Å². The topological polar surface area (TPSA) is 46.6 Å². The molecular weight excluding hydrogens is 302 g/mol. The third-order valence-electron chi connectivity index (χ3n) is 6.25. The number of Topliss-reactive ketones (excluding diaryl/α,β-unsaturated/α-hetero) is 2. The average molecular weight is 327 g/mol. The molecule has 0 N–H and O–H groups in total. The lowest BCUT2D eigenvalue weighted by Crippen LogP contribution is -2.40. The molecule has 1 saturated carbocycles. The van der Waals surface area contributed by atoms with Gasteiger partial charge >= 0.3 is 0 Å². The lowest BCUT2D eigenvalue weighted by Gasteiger charge is -2.31.